The maximum absolute atomic E-state index is 7.29. The minimum Gasteiger partial charge on any atom is -0.0833 e. The first-order valence-corrected chi connectivity index (χ1v) is 14.6. The zero-order valence-corrected chi connectivity index (χ0v) is 27.7. The van der Waals surface area contributed by atoms with Crippen LogP contribution in [-0.2, 0) is 21.7 Å². The molecule has 0 nitrogen and oxygen atoms in total. The van der Waals surface area contributed by atoms with Crippen molar-refractivity contribution in [3.8, 4) is 22.3 Å². The molecule has 0 aliphatic rings. The highest BCUT2D eigenvalue weighted by Crippen LogP contribution is 2.47. The second-order valence-corrected chi connectivity index (χ2v) is 16.0. The topological polar surface area (TPSA) is 0 Å². The molecule has 206 valence electrons. The van der Waals surface area contributed by atoms with E-state index < -0.39 is 0 Å². The van der Waals surface area contributed by atoms with E-state index >= 15 is 0 Å². The molecule has 0 saturated carbocycles. The van der Waals surface area contributed by atoms with Crippen LogP contribution in [0.3, 0.4) is 0 Å². The van der Waals surface area contributed by atoms with Crippen LogP contribution in [0.4, 0.5) is 0 Å². The van der Waals surface area contributed by atoms with Crippen molar-refractivity contribution in [3.63, 3.8) is 0 Å². The number of hydrogen-bond acceptors (Lipinski definition) is 0. The van der Waals surface area contributed by atoms with E-state index in [1.54, 1.807) is 0 Å². The Morgan fingerprint density at radius 1 is 0.395 bits per heavy atom. The van der Waals surface area contributed by atoms with E-state index in [0.717, 1.165) is 43.4 Å². The zero-order chi connectivity index (χ0) is 29.2. The van der Waals surface area contributed by atoms with Crippen LogP contribution in [0, 0.1) is 13.8 Å². The first-order valence-electron chi connectivity index (χ1n) is 13.8. The molecular formula is C36H48Cl2. The third-order valence-electron chi connectivity index (χ3n) is 7.75. The van der Waals surface area contributed by atoms with Gasteiger partial charge in [-0.05, 0) is 80.0 Å². The van der Waals surface area contributed by atoms with Crippen LogP contribution in [0.1, 0.15) is 116 Å². The van der Waals surface area contributed by atoms with E-state index in [-0.39, 0.29) is 21.7 Å². The lowest BCUT2D eigenvalue weighted by atomic mass is 9.77. The molecule has 0 amide bonds. The summed E-state index contributed by atoms with van der Waals surface area (Å²) in [5.74, 6) is 0. The van der Waals surface area contributed by atoms with E-state index in [1.165, 1.54) is 22.3 Å². The summed E-state index contributed by atoms with van der Waals surface area (Å²) in [6, 6.07) is 13.9. The Kier molecular flexibility index (Phi) is 8.11. The van der Waals surface area contributed by atoms with Crippen LogP contribution in [0.15, 0.2) is 36.4 Å². The minimum absolute atomic E-state index is 0.0198. The van der Waals surface area contributed by atoms with Crippen LogP contribution < -0.4 is 0 Å². The first-order chi connectivity index (χ1) is 17.0. The molecule has 3 rings (SSSR count). The summed E-state index contributed by atoms with van der Waals surface area (Å²) in [4.78, 5) is 0. The Hall–Kier alpha value is -1.76. The van der Waals surface area contributed by atoms with Crippen molar-refractivity contribution in [1.29, 1.82) is 0 Å². The number of hydrogen-bond donors (Lipinski definition) is 0. The third-order valence-corrected chi connectivity index (χ3v) is 8.70. The average molecular weight is 552 g/mol. The molecule has 0 atom stereocenters. The van der Waals surface area contributed by atoms with Gasteiger partial charge in [0.05, 0.1) is 10.0 Å². The summed E-state index contributed by atoms with van der Waals surface area (Å²) >= 11 is 14.6. The average Bonchev–Trinajstić information content (AvgIpc) is 2.75. The highest BCUT2D eigenvalue weighted by Gasteiger charge is 2.27. The van der Waals surface area contributed by atoms with Gasteiger partial charge in [-0.2, -0.15) is 0 Å². The lowest BCUT2D eigenvalue weighted by molar-refractivity contribution is 0.568. The molecule has 0 spiro atoms. The molecule has 0 unspecified atom stereocenters. The van der Waals surface area contributed by atoms with Gasteiger partial charge in [0, 0.05) is 11.1 Å². The summed E-state index contributed by atoms with van der Waals surface area (Å²) in [7, 11) is 0. The van der Waals surface area contributed by atoms with Gasteiger partial charge in [0.1, 0.15) is 0 Å². The standard InChI is InChI=1S/C36H48Cl2/c1-21-29(23-15-25(33(3,4)5)19-26(16-23)34(6,7)8)32(38)22(2)30(31(21)37)24-17-27(35(9,10)11)20-28(18-24)36(12,13)14/h15-20H,1-14H3. The third kappa shape index (κ3) is 6.18. The summed E-state index contributed by atoms with van der Waals surface area (Å²) in [6.45, 7) is 31.4. The van der Waals surface area contributed by atoms with Crippen LogP contribution in [-0.4, -0.2) is 0 Å². The van der Waals surface area contributed by atoms with Gasteiger partial charge in [0.2, 0.25) is 0 Å². The summed E-state index contributed by atoms with van der Waals surface area (Å²) in [5, 5.41) is 1.57. The highest BCUT2D eigenvalue weighted by molar-refractivity contribution is 6.39. The highest BCUT2D eigenvalue weighted by atomic mass is 35.5. The first kappa shape index (κ1) is 30.8. The molecule has 0 heterocycles. The fourth-order valence-electron chi connectivity index (χ4n) is 4.89. The van der Waals surface area contributed by atoms with Gasteiger partial charge >= 0.3 is 0 Å². The van der Waals surface area contributed by atoms with Crippen molar-refractivity contribution in [2.45, 2.75) is 119 Å². The lowest BCUT2D eigenvalue weighted by Gasteiger charge is -2.28. The SMILES string of the molecule is Cc1c(Cl)c(-c2cc(C(C)(C)C)cc(C(C)(C)C)c2)c(C)c(Cl)c1-c1cc(C(C)(C)C)cc(C(C)(C)C)c1. The normalized spacial score (nSPS) is 13.3. The lowest BCUT2D eigenvalue weighted by Crippen LogP contribution is -2.17. The van der Waals surface area contributed by atoms with E-state index in [4.69, 9.17) is 23.2 Å². The summed E-state index contributed by atoms with van der Waals surface area (Å²) in [6.07, 6.45) is 0. The van der Waals surface area contributed by atoms with Gasteiger partial charge in [0.15, 0.2) is 0 Å². The predicted molar refractivity (Wildman–Crippen MR) is 172 cm³/mol. The molecule has 0 aromatic heterocycles. The Balaban J connectivity index is 2.39. The van der Waals surface area contributed by atoms with E-state index in [0.29, 0.717) is 0 Å². The van der Waals surface area contributed by atoms with Crippen molar-refractivity contribution in [2.75, 3.05) is 0 Å². The van der Waals surface area contributed by atoms with Gasteiger partial charge in [-0.1, -0.05) is 143 Å². The molecule has 3 aromatic carbocycles. The number of rotatable bonds is 2. The molecule has 0 fully saturated rings. The second-order valence-electron chi connectivity index (χ2n) is 15.2. The fourth-order valence-corrected chi connectivity index (χ4v) is 5.58. The van der Waals surface area contributed by atoms with E-state index in [2.05, 4.69) is 133 Å². The van der Waals surface area contributed by atoms with Gasteiger partial charge in [-0.25, -0.2) is 0 Å². The monoisotopic (exact) mass is 550 g/mol. The molecule has 0 saturated heterocycles. The van der Waals surface area contributed by atoms with Gasteiger partial charge in [-0.3, -0.25) is 0 Å². The van der Waals surface area contributed by atoms with Gasteiger partial charge < -0.3 is 0 Å². The molecule has 38 heavy (non-hydrogen) atoms. The largest absolute Gasteiger partial charge is 0.0833 e. The van der Waals surface area contributed by atoms with Gasteiger partial charge in [-0.15, -0.1) is 0 Å². The van der Waals surface area contributed by atoms with Crippen molar-refractivity contribution in [1.82, 2.24) is 0 Å². The number of halogens is 2. The maximum atomic E-state index is 7.29. The maximum Gasteiger partial charge on any atom is 0.0523 e. The summed E-state index contributed by atoms with van der Waals surface area (Å²) in [5.41, 5.74) is 11.7. The van der Waals surface area contributed by atoms with Crippen molar-refractivity contribution in [3.05, 3.63) is 79.8 Å². The zero-order valence-electron chi connectivity index (χ0n) is 26.2. The number of benzene rings is 3. The minimum atomic E-state index is 0.0198. The second kappa shape index (κ2) is 10.0. The van der Waals surface area contributed by atoms with Crippen LogP contribution in [0.5, 0.6) is 0 Å². The molecule has 0 bridgehead atoms. The van der Waals surface area contributed by atoms with Crippen LogP contribution >= 0.6 is 23.2 Å². The summed E-state index contributed by atoms with van der Waals surface area (Å²) < 4.78 is 0. The van der Waals surface area contributed by atoms with Crippen molar-refractivity contribution < 1.29 is 0 Å². The quantitative estimate of drug-likeness (QED) is 0.297. The van der Waals surface area contributed by atoms with E-state index in [1.807, 2.05) is 0 Å². The fraction of sp³-hybridized carbons (Fsp3) is 0.500. The van der Waals surface area contributed by atoms with Crippen LogP contribution in [0.2, 0.25) is 10.0 Å². The smallest absolute Gasteiger partial charge is 0.0523 e. The predicted octanol–water partition coefficient (Wildman–Crippen LogP) is 12.1. The van der Waals surface area contributed by atoms with Crippen LogP contribution in [0.25, 0.3) is 22.3 Å². The Bertz CT molecular complexity index is 1160. The molecule has 0 aliphatic carbocycles. The molecule has 2 heteroatoms. The Morgan fingerprint density at radius 2 is 0.605 bits per heavy atom. The molecule has 3 aromatic rings. The van der Waals surface area contributed by atoms with Crippen molar-refractivity contribution in [2.24, 2.45) is 0 Å². The molecule has 0 radical (unpaired) electrons. The van der Waals surface area contributed by atoms with Gasteiger partial charge in [0.25, 0.3) is 0 Å². The Labute approximate surface area is 243 Å². The molecule has 0 N–H and O–H groups in total. The van der Waals surface area contributed by atoms with Crippen molar-refractivity contribution >= 4 is 23.2 Å². The molecule has 0 aliphatic heterocycles. The molecular weight excluding hydrogens is 503 g/mol. The Morgan fingerprint density at radius 3 is 0.789 bits per heavy atom. The van der Waals surface area contributed by atoms with E-state index in [9.17, 15) is 0 Å².